The molecule has 122 valence electrons. The molecule has 0 atom stereocenters. The molecule has 1 fully saturated rings. The molecule has 0 aliphatic carbocycles. The minimum atomic E-state index is -0.189. The van der Waals surface area contributed by atoms with Crippen molar-refractivity contribution < 1.29 is 13.6 Å². The van der Waals surface area contributed by atoms with Gasteiger partial charge in [0, 0.05) is 25.9 Å². The number of furan rings is 1. The van der Waals surface area contributed by atoms with Crippen molar-refractivity contribution in [2.24, 2.45) is 5.92 Å². The molecular weight excluding hydrogens is 293 g/mol. The van der Waals surface area contributed by atoms with Crippen molar-refractivity contribution in [3.63, 3.8) is 0 Å². The van der Waals surface area contributed by atoms with Gasteiger partial charge >= 0.3 is 0 Å². The van der Waals surface area contributed by atoms with Crippen LogP contribution in [0.5, 0.6) is 0 Å². The first-order valence-corrected chi connectivity index (χ1v) is 8.25. The van der Waals surface area contributed by atoms with E-state index in [1.165, 1.54) is 17.7 Å². The van der Waals surface area contributed by atoms with E-state index in [1.807, 2.05) is 29.2 Å². The Morgan fingerprint density at radius 3 is 2.57 bits per heavy atom. The molecule has 1 amide bonds. The maximum Gasteiger partial charge on any atom is 0.223 e. The largest absolute Gasteiger partial charge is 0.469 e. The number of carbonyl (C=O) groups is 1. The Kier molecular flexibility index (Phi) is 5.11. The second kappa shape index (κ2) is 7.44. The van der Waals surface area contributed by atoms with Crippen molar-refractivity contribution in [1.29, 1.82) is 0 Å². The maximum absolute atomic E-state index is 12.9. The lowest BCUT2D eigenvalue weighted by molar-refractivity contribution is -0.132. The van der Waals surface area contributed by atoms with Gasteiger partial charge in [0.15, 0.2) is 0 Å². The summed E-state index contributed by atoms with van der Waals surface area (Å²) < 4.78 is 18.2. The maximum atomic E-state index is 12.9. The van der Waals surface area contributed by atoms with Crippen LogP contribution in [-0.4, -0.2) is 23.9 Å². The van der Waals surface area contributed by atoms with Crippen LogP contribution in [-0.2, 0) is 17.6 Å². The average Bonchev–Trinajstić information content (AvgIpc) is 3.09. The molecular formula is C19H22FNO2. The first-order valence-electron chi connectivity index (χ1n) is 8.25. The third kappa shape index (κ3) is 4.44. The van der Waals surface area contributed by atoms with Crippen molar-refractivity contribution in [1.82, 2.24) is 4.90 Å². The Morgan fingerprint density at radius 1 is 1.17 bits per heavy atom. The number of rotatable bonds is 5. The van der Waals surface area contributed by atoms with Gasteiger partial charge in [-0.05, 0) is 55.0 Å². The second-order valence-corrected chi connectivity index (χ2v) is 6.23. The van der Waals surface area contributed by atoms with Gasteiger partial charge in [0.05, 0.1) is 6.26 Å². The molecule has 4 heteroatoms. The molecule has 1 aromatic carbocycles. The SMILES string of the molecule is O=C(CCc1ccco1)N1CCC(Cc2ccc(F)cc2)CC1. The molecule has 23 heavy (non-hydrogen) atoms. The molecule has 3 nitrogen and oxygen atoms in total. The van der Waals surface area contributed by atoms with Gasteiger partial charge in [0.25, 0.3) is 0 Å². The van der Waals surface area contributed by atoms with E-state index >= 15 is 0 Å². The number of carbonyl (C=O) groups excluding carboxylic acids is 1. The average molecular weight is 315 g/mol. The minimum absolute atomic E-state index is 0.189. The lowest BCUT2D eigenvalue weighted by Crippen LogP contribution is -2.39. The van der Waals surface area contributed by atoms with Gasteiger partial charge in [0.2, 0.25) is 5.91 Å². The van der Waals surface area contributed by atoms with Gasteiger partial charge in [-0.3, -0.25) is 4.79 Å². The number of halogens is 1. The summed E-state index contributed by atoms with van der Waals surface area (Å²) in [7, 11) is 0. The van der Waals surface area contributed by atoms with Crippen LogP contribution in [0.3, 0.4) is 0 Å². The number of aryl methyl sites for hydroxylation is 1. The zero-order chi connectivity index (χ0) is 16.1. The number of hydrogen-bond acceptors (Lipinski definition) is 2. The minimum Gasteiger partial charge on any atom is -0.469 e. The number of piperidine rings is 1. The molecule has 3 rings (SSSR count). The molecule has 0 unspecified atom stereocenters. The fourth-order valence-corrected chi connectivity index (χ4v) is 3.18. The first kappa shape index (κ1) is 15.8. The predicted octanol–water partition coefficient (Wildman–Crippen LogP) is 3.83. The quantitative estimate of drug-likeness (QED) is 0.840. The van der Waals surface area contributed by atoms with Crippen LogP contribution in [0, 0.1) is 11.7 Å². The molecule has 0 radical (unpaired) electrons. The Morgan fingerprint density at radius 2 is 1.91 bits per heavy atom. The monoisotopic (exact) mass is 315 g/mol. The number of nitrogens with zero attached hydrogens (tertiary/aromatic N) is 1. The summed E-state index contributed by atoms with van der Waals surface area (Å²) in [6.07, 6.45) is 5.82. The zero-order valence-corrected chi connectivity index (χ0v) is 13.2. The van der Waals surface area contributed by atoms with Crippen molar-refractivity contribution in [3.05, 3.63) is 59.8 Å². The van der Waals surface area contributed by atoms with Gasteiger partial charge in [-0.25, -0.2) is 4.39 Å². The van der Waals surface area contributed by atoms with E-state index in [0.717, 1.165) is 38.1 Å². The number of amides is 1. The van der Waals surface area contributed by atoms with Crippen molar-refractivity contribution >= 4 is 5.91 Å². The topological polar surface area (TPSA) is 33.5 Å². The van der Waals surface area contributed by atoms with E-state index in [0.29, 0.717) is 18.8 Å². The molecule has 1 aliphatic rings. The second-order valence-electron chi connectivity index (χ2n) is 6.23. The molecule has 1 saturated heterocycles. The van der Waals surface area contributed by atoms with E-state index in [1.54, 1.807) is 6.26 Å². The molecule has 0 N–H and O–H groups in total. The molecule has 1 aliphatic heterocycles. The zero-order valence-electron chi connectivity index (χ0n) is 13.2. The van der Waals surface area contributed by atoms with Crippen LogP contribution in [0.15, 0.2) is 47.1 Å². The van der Waals surface area contributed by atoms with Crippen molar-refractivity contribution in [2.45, 2.75) is 32.1 Å². The summed E-state index contributed by atoms with van der Waals surface area (Å²) in [5.41, 5.74) is 1.17. The van der Waals surface area contributed by atoms with Crippen LogP contribution >= 0.6 is 0 Å². The highest BCUT2D eigenvalue weighted by Crippen LogP contribution is 2.22. The van der Waals surface area contributed by atoms with Crippen LogP contribution in [0.2, 0.25) is 0 Å². The Bertz CT molecular complexity index is 613. The van der Waals surface area contributed by atoms with Crippen LogP contribution < -0.4 is 0 Å². The van der Waals surface area contributed by atoms with Crippen LogP contribution in [0.4, 0.5) is 4.39 Å². The van der Waals surface area contributed by atoms with Crippen LogP contribution in [0.25, 0.3) is 0 Å². The summed E-state index contributed by atoms with van der Waals surface area (Å²) >= 11 is 0. The van der Waals surface area contributed by atoms with Gasteiger partial charge in [-0.2, -0.15) is 0 Å². The number of hydrogen-bond donors (Lipinski definition) is 0. The fourth-order valence-electron chi connectivity index (χ4n) is 3.18. The lowest BCUT2D eigenvalue weighted by atomic mass is 9.90. The highest BCUT2D eigenvalue weighted by Gasteiger charge is 2.22. The third-order valence-electron chi connectivity index (χ3n) is 4.57. The highest BCUT2D eigenvalue weighted by atomic mass is 19.1. The van der Waals surface area contributed by atoms with E-state index < -0.39 is 0 Å². The molecule has 2 aromatic rings. The number of likely N-dealkylation sites (tertiary alicyclic amines) is 1. The molecule has 0 bridgehead atoms. The van der Waals surface area contributed by atoms with Gasteiger partial charge in [0.1, 0.15) is 11.6 Å². The summed E-state index contributed by atoms with van der Waals surface area (Å²) in [5, 5.41) is 0. The molecule has 1 aromatic heterocycles. The normalized spacial score (nSPS) is 15.8. The third-order valence-corrected chi connectivity index (χ3v) is 4.57. The van der Waals surface area contributed by atoms with Crippen LogP contribution in [0.1, 0.15) is 30.6 Å². The van der Waals surface area contributed by atoms with E-state index in [9.17, 15) is 9.18 Å². The predicted molar refractivity (Wildman–Crippen MR) is 86.4 cm³/mol. The Balaban J connectivity index is 1.42. The van der Waals surface area contributed by atoms with Crippen molar-refractivity contribution in [2.75, 3.05) is 13.1 Å². The summed E-state index contributed by atoms with van der Waals surface area (Å²) in [6, 6.07) is 10.5. The molecule has 2 heterocycles. The summed E-state index contributed by atoms with van der Waals surface area (Å²) in [6.45, 7) is 1.64. The van der Waals surface area contributed by atoms with E-state index in [2.05, 4.69) is 0 Å². The van der Waals surface area contributed by atoms with E-state index in [4.69, 9.17) is 4.42 Å². The molecule has 0 spiro atoms. The van der Waals surface area contributed by atoms with Gasteiger partial charge < -0.3 is 9.32 Å². The smallest absolute Gasteiger partial charge is 0.223 e. The van der Waals surface area contributed by atoms with Gasteiger partial charge in [-0.15, -0.1) is 0 Å². The fraction of sp³-hybridized carbons (Fsp3) is 0.421. The van der Waals surface area contributed by atoms with Gasteiger partial charge in [-0.1, -0.05) is 12.1 Å². The summed E-state index contributed by atoms with van der Waals surface area (Å²) in [5.74, 6) is 1.46. The van der Waals surface area contributed by atoms with Crippen molar-refractivity contribution in [3.8, 4) is 0 Å². The highest BCUT2D eigenvalue weighted by molar-refractivity contribution is 5.76. The first-order chi connectivity index (χ1) is 11.2. The Hall–Kier alpha value is -2.10. The number of benzene rings is 1. The van der Waals surface area contributed by atoms with E-state index in [-0.39, 0.29) is 11.7 Å². The lowest BCUT2D eigenvalue weighted by Gasteiger charge is -2.32. The molecule has 0 saturated carbocycles. The standard InChI is InChI=1S/C19H22FNO2/c20-17-5-3-15(4-6-17)14-16-9-11-21(12-10-16)19(22)8-7-18-2-1-13-23-18/h1-6,13,16H,7-12,14H2. The summed E-state index contributed by atoms with van der Waals surface area (Å²) in [4.78, 5) is 14.2. The Labute approximate surface area is 136 Å².